The van der Waals surface area contributed by atoms with Crippen LogP contribution in [0, 0.1) is 6.92 Å². The molecule has 1 aromatic carbocycles. The van der Waals surface area contributed by atoms with Gasteiger partial charge >= 0.3 is 0 Å². The molecule has 0 fully saturated rings. The molecule has 0 saturated heterocycles. The van der Waals surface area contributed by atoms with Gasteiger partial charge in [0.15, 0.2) is 5.13 Å². The lowest BCUT2D eigenvalue weighted by Gasteiger charge is -2.09. The van der Waals surface area contributed by atoms with Gasteiger partial charge < -0.3 is 5.32 Å². The molecule has 0 radical (unpaired) electrons. The number of rotatable bonds is 2. The summed E-state index contributed by atoms with van der Waals surface area (Å²) in [6.07, 6.45) is 0.926. The van der Waals surface area contributed by atoms with Crippen molar-refractivity contribution in [3.8, 4) is 0 Å². The number of nitrogens with one attached hydrogen (secondary N) is 2. The van der Waals surface area contributed by atoms with E-state index in [0.29, 0.717) is 10.7 Å². The highest BCUT2D eigenvalue weighted by Crippen LogP contribution is 2.27. The summed E-state index contributed by atoms with van der Waals surface area (Å²) >= 11 is 5.01. The summed E-state index contributed by atoms with van der Waals surface area (Å²) in [6.45, 7) is 3.76. The lowest BCUT2D eigenvalue weighted by Crippen LogP contribution is -2.22. The van der Waals surface area contributed by atoms with Gasteiger partial charge in [0, 0.05) is 28.9 Å². The van der Waals surface area contributed by atoms with E-state index in [1.54, 1.807) is 11.3 Å². The molecule has 1 aliphatic heterocycles. The third-order valence-electron chi connectivity index (χ3n) is 3.26. The van der Waals surface area contributed by atoms with E-state index < -0.39 is 0 Å². The van der Waals surface area contributed by atoms with Gasteiger partial charge in [-0.25, -0.2) is 4.98 Å². The topological polar surface area (TPSA) is 54.0 Å². The van der Waals surface area contributed by atoms with Crippen LogP contribution in [0.1, 0.15) is 26.5 Å². The molecule has 20 heavy (non-hydrogen) atoms. The van der Waals surface area contributed by atoms with Crippen molar-refractivity contribution >= 4 is 38.3 Å². The van der Waals surface area contributed by atoms with Gasteiger partial charge in [0.1, 0.15) is 0 Å². The van der Waals surface area contributed by atoms with Crippen LogP contribution in [-0.4, -0.2) is 17.4 Å². The van der Waals surface area contributed by atoms with Gasteiger partial charge in [-0.05, 0) is 34.5 Å². The Morgan fingerprint density at radius 3 is 3.15 bits per heavy atom. The molecule has 1 aromatic heterocycles. The van der Waals surface area contributed by atoms with Gasteiger partial charge in [-0.1, -0.05) is 12.1 Å². The molecule has 0 spiro atoms. The summed E-state index contributed by atoms with van der Waals surface area (Å²) in [6, 6.07) is 5.65. The minimum atomic E-state index is -0.125. The minimum absolute atomic E-state index is 0.125. The summed E-state index contributed by atoms with van der Waals surface area (Å²) < 4.78 is 0.834. The Balaban J connectivity index is 1.82. The van der Waals surface area contributed by atoms with E-state index in [-0.39, 0.29) is 5.91 Å². The predicted molar refractivity (Wildman–Crippen MR) is 84.4 cm³/mol. The van der Waals surface area contributed by atoms with Crippen molar-refractivity contribution in [2.24, 2.45) is 0 Å². The number of amides is 1. The van der Waals surface area contributed by atoms with E-state index in [2.05, 4.69) is 31.5 Å². The largest absolute Gasteiger partial charge is 0.311 e. The normalized spacial score (nSPS) is 13.9. The Bertz CT molecular complexity index is 645. The van der Waals surface area contributed by atoms with Crippen LogP contribution < -0.4 is 10.6 Å². The van der Waals surface area contributed by atoms with Crippen LogP contribution in [0.2, 0.25) is 0 Å². The Morgan fingerprint density at radius 1 is 1.50 bits per heavy atom. The maximum absolute atomic E-state index is 12.3. The van der Waals surface area contributed by atoms with Crippen molar-refractivity contribution in [3.63, 3.8) is 0 Å². The molecule has 0 unspecified atom stereocenters. The Morgan fingerprint density at radius 2 is 2.35 bits per heavy atom. The van der Waals surface area contributed by atoms with Crippen LogP contribution in [0.4, 0.5) is 5.13 Å². The fourth-order valence-electron chi connectivity index (χ4n) is 2.17. The standard InChI is InChI=1S/C14H14BrN3OS/c1-8-3-2-4-9(12(8)15)13(19)18-14-17-10-5-6-16-7-11(10)20-14/h2-4,16H,5-7H2,1H3,(H,17,18,19). The first-order chi connectivity index (χ1) is 9.65. The predicted octanol–water partition coefficient (Wildman–Crippen LogP) is 3.11. The maximum Gasteiger partial charge on any atom is 0.258 e. The highest BCUT2D eigenvalue weighted by molar-refractivity contribution is 9.10. The number of hydrogen-bond donors (Lipinski definition) is 2. The summed E-state index contributed by atoms with van der Waals surface area (Å²) in [5.74, 6) is -0.125. The number of carbonyl (C=O) groups excluding carboxylic acids is 1. The van der Waals surface area contributed by atoms with Crippen molar-refractivity contribution in [2.45, 2.75) is 19.9 Å². The molecule has 2 heterocycles. The van der Waals surface area contributed by atoms with E-state index >= 15 is 0 Å². The number of thiazole rings is 1. The zero-order chi connectivity index (χ0) is 14.1. The van der Waals surface area contributed by atoms with E-state index in [1.165, 1.54) is 4.88 Å². The molecule has 4 nitrogen and oxygen atoms in total. The Labute approximate surface area is 129 Å². The van der Waals surface area contributed by atoms with E-state index in [4.69, 9.17) is 0 Å². The molecule has 0 bridgehead atoms. The lowest BCUT2D eigenvalue weighted by atomic mass is 10.1. The maximum atomic E-state index is 12.3. The quantitative estimate of drug-likeness (QED) is 0.873. The molecule has 104 valence electrons. The van der Waals surface area contributed by atoms with Gasteiger partial charge in [-0.3, -0.25) is 10.1 Å². The van der Waals surface area contributed by atoms with E-state index in [0.717, 1.165) is 35.2 Å². The van der Waals surface area contributed by atoms with Gasteiger partial charge in [-0.15, -0.1) is 11.3 Å². The zero-order valence-electron chi connectivity index (χ0n) is 11.0. The van der Waals surface area contributed by atoms with Crippen LogP contribution in [0.25, 0.3) is 0 Å². The number of anilines is 1. The number of hydrogen-bond acceptors (Lipinski definition) is 4. The summed E-state index contributed by atoms with van der Waals surface area (Å²) in [5, 5.41) is 6.88. The molecule has 1 aliphatic rings. The van der Waals surface area contributed by atoms with Crippen LogP contribution in [0.5, 0.6) is 0 Å². The first-order valence-corrected chi connectivity index (χ1v) is 8.02. The number of aryl methyl sites for hydroxylation is 1. The second-order valence-corrected chi connectivity index (χ2v) is 6.58. The highest BCUT2D eigenvalue weighted by atomic mass is 79.9. The van der Waals surface area contributed by atoms with Gasteiger partial charge in [0.2, 0.25) is 0 Å². The average Bonchev–Trinajstić information content (AvgIpc) is 2.83. The van der Waals surface area contributed by atoms with Crippen LogP contribution in [-0.2, 0) is 13.0 Å². The van der Waals surface area contributed by atoms with Crippen molar-refractivity contribution < 1.29 is 4.79 Å². The van der Waals surface area contributed by atoms with E-state index in [1.807, 2.05) is 25.1 Å². The van der Waals surface area contributed by atoms with Crippen LogP contribution in [0.3, 0.4) is 0 Å². The van der Waals surface area contributed by atoms with Gasteiger partial charge in [0.25, 0.3) is 5.91 Å². The van der Waals surface area contributed by atoms with Gasteiger partial charge in [-0.2, -0.15) is 0 Å². The summed E-state index contributed by atoms with van der Waals surface area (Å²) in [4.78, 5) is 18.0. The van der Waals surface area contributed by atoms with Crippen LogP contribution in [0.15, 0.2) is 22.7 Å². The number of carbonyl (C=O) groups is 1. The molecular weight excluding hydrogens is 338 g/mol. The molecule has 0 saturated carbocycles. The van der Waals surface area contributed by atoms with Crippen LogP contribution >= 0.6 is 27.3 Å². The first kappa shape index (κ1) is 13.7. The average molecular weight is 352 g/mol. The molecule has 2 aromatic rings. The van der Waals surface area contributed by atoms with E-state index in [9.17, 15) is 4.79 Å². The van der Waals surface area contributed by atoms with Crippen molar-refractivity contribution in [2.75, 3.05) is 11.9 Å². The summed E-state index contributed by atoms with van der Waals surface area (Å²) in [5.41, 5.74) is 2.78. The Hall–Kier alpha value is -1.24. The zero-order valence-corrected chi connectivity index (χ0v) is 13.4. The first-order valence-electron chi connectivity index (χ1n) is 6.41. The summed E-state index contributed by atoms with van der Waals surface area (Å²) in [7, 11) is 0. The third-order valence-corrected chi connectivity index (χ3v) is 5.32. The molecule has 3 rings (SSSR count). The minimum Gasteiger partial charge on any atom is -0.311 e. The molecule has 0 aliphatic carbocycles. The highest BCUT2D eigenvalue weighted by Gasteiger charge is 2.17. The number of halogens is 1. The number of nitrogens with zero attached hydrogens (tertiary/aromatic N) is 1. The monoisotopic (exact) mass is 351 g/mol. The smallest absolute Gasteiger partial charge is 0.258 e. The number of benzene rings is 1. The Kier molecular flexibility index (Phi) is 3.87. The number of fused-ring (bicyclic) bond motifs is 1. The number of aromatic nitrogens is 1. The second kappa shape index (κ2) is 5.63. The lowest BCUT2D eigenvalue weighted by molar-refractivity contribution is 0.102. The SMILES string of the molecule is Cc1cccc(C(=O)Nc2nc3c(s2)CNCC3)c1Br. The van der Waals surface area contributed by atoms with Crippen molar-refractivity contribution in [1.82, 2.24) is 10.3 Å². The molecule has 6 heteroatoms. The molecule has 1 amide bonds. The fourth-order valence-corrected chi connectivity index (χ4v) is 3.58. The van der Waals surface area contributed by atoms with Crippen molar-refractivity contribution in [3.05, 3.63) is 44.4 Å². The van der Waals surface area contributed by atoms with Gasteiger partial charge in [0.05, 0.1) is 11.3 Å². The van der Waals surface area contributed by atoms with Crippen molar-refractivity contribution in [1.29, 1.82) is 0 Å². The molecule has 0 atom stereocenters. The second-order valence-electron chi connectivity index (χ2n) is 4.71. The molecular formula is C14H14BrN3OS. The fraction of sp³-hybridized carbons (Fsp3) is 0.286. The third kappa shape index (κ3) is 2.63. The molecule has 2 N–H and O–H groups in total.